The van der Waals surface area contributed by atoms with Gasteiger partial charge in [-0.2, -0.15) is 0 Å². The third-order valence-electron chi connectivity index (χ3n) is 5.54. The zero-order valence-corrected chi connectivity index (χ0v) is 14.8. The first-order valence-corrected chi connectivity index (χ1v) is 9.43. The first-order chi connectivity index (χ1) is 12.6. The molecule has 0 unspecified atom stereocenters. The van der Waals surface area contributed by atoms with Crippen LogP contribution in [0.1, 0.15) is 31.4 Å². The maximum atomic E-state index is 14.0. The number of hydrogen-bond acceptors (Lipinski definition) is 3. The second-order valence-corrected chi connectivity index (χ2v) is 7.43. The first kappa shape index (κ1) is 17.2. The van der Waals surface area contributed by atoms with Crippen molar-refractivity contribution in [2.24, 2.45) is 5.92 Å². The Morgan fingerprint density at radius 3 is 2.81 bits per heavy atom. The number of carbonyl (C=O) groups is 1. The van der Waals surface area contributed by atoms with Gasteiger partial charge < -0.3 is 9.88 Å². The molecule has 1 amide bonds. The molecule has 1 aromatic heterocycles. The molecule has 2 fully saturated rings. The molecule has 138 valence electrons. The van der Waals surface area contributed by atoms with Gasteiger partial charge in [0.25, 0.3) is 0 Å². The van der Waals surface area contributed by atoms with Crippen LogP contribution in [0.5, 0.6) is 0 Å². The minimum Gasteiger partial charge on any atom is -0.355 e. The molecular formula is C20H24FN3O2. The minimum atomic E-state index is -0.415. The highest BCUT2D eigenvalue weighted by molar-refractivity contribution is 5.80. The lowest BCUT2D eigenvalue weighted by Gasteiger charge is -2.33. The number of benzene rings is 1. The van der Waals surface area contributed by atoms with E-state index in [0.29, 0.717) is 24.2 Å². The fourth-order valence-corrected chi connectivity index (χ4v) is 4.21. The number of halogens is 1. The summed E-state index contributed by atoms with van der Waals surface area (Å²) in [5.41, 5.74) is 0.786. The van der Waals surface area contributed by atoms with Crippen molar-refractivity contribution >= 4 is 16.8 Å². The van der Waals surface area contributed by atoms with Crippen molar-refractivity contribution in [2.45, 2.75) is 32.2 Å². The van der Waals surface area contributed by atoms with Gasteiger partial charge in [-0.15, -0.1) is 0 Å². The number of piperidine rings is 1. The van der Waals surface area contributed by atoms with Gasteiger partial charge in [0.2, 0.25) is 5.91 Å². The number of hydrogen-bond donors (Lipinski definition) is 1. The molecule has 0 radical (unpaired) electrons. The summed E-state index contributed by atoms with van der Waals surface area (Å²) in [6.45, 7) is 3.89. The Morgan fingerprint density at radius 1 is 1.19 bits per heavy atom. The zero-order valence-electron chi connectivity index (χ0n) is 14.8. The predicted molar refractivity (Wildman–Crippen MR) is 98.3 cm³/mol. The summed E-state index contributed by atoms with van der Waals surface area (Å²) in [6, 6.07) is 6.08. The molecule has 1 atom stereocenters. The molecule has 0 bridgehead atoms. The molecule has 0 aliphatic carbocycles. The van der Waals surface area contributed by atoms with Gasteiger partial charge in [-0.1, -0.05) is 6.07 Å². The number of pyridine rings is 1. The summed E-state index contributed by atoms with van der Waals surface area (Å²) in [5.74, 6) is -0.113. The molecule has 3 heterocycles. The topological polar surface area (TPSA) is 56.4 Å². The van der Waals surface area contributed by atoms with E-state index in [4.69, 9.17) is 0 Å². The molecule has 0 spiro atoms. The van der Waals surface area contributed by atoms with Gasteiger partial charge >= 0.3 is 0 Å². The smallest absolute Gasteiger partial charge is 0.226 e. The maximum Gasteiger partial charge on any atom is 0.226 e. The number of nitrogens with zero attached hydrogens (tertiary/aromatic N) is 2. The number of carbonyl (C=O) groups excluding carboxylic acids is 1. The summed E-state index contributed by atoms with van der Waals surface area (Å²) in [7, 11) is 0. The van der Waals surface area contributed by atoms with E-state index in [1.807, 2.05) is 4.90 Å². The van der Waals surface area contributed by atoms with E-state index in [1.54, 1.807) is 18.2 Å². The summed E-state index contributed by atoms with van der Waals surface area (Å²) in [6.07, 6.45) is 4.10. The molecule has 4 rings (SSSR count). The van der Waals surface area contributed by atoms with Gasteiger partial charge in [-0.05, 0) is 44.4 Å². The summed E-state index contributed by atoms with van der Waals surface area (Å²) in [5, 5.41) is 0.370. The molecule has 2 aliphatic heterocycles. The Kier molecular flexibility index (Phi) is 4.76. The van der Waals surface area contributed by atoms with Crippen LogP contribution in [0, 0.1) is 11.7 Å². The second kappa shape index (κ2) is 7.19. The van der Waals surface area contributed by atoms with Gasteiger partial charge in [-0.25, -0.2) is 4.39 Å². The van der Waals surface area contributed by atoms with E-state index in [9.17, 15) is 14.0 Å². The molecule has 1 N–H and O–H groups in total. The predicted octanol–water partition coefficient (Wildman–Crippen LogP) is 2.50. The Hall–Kier alpha value is -2.21. The number of nitrogens with one attached hydrogen (secondary N) is 1. The van der Waals surface area contributed by atoms with Crippen molar-refractivity contribution in [1.82, 2.24) is 14.8 Å². The van der Waals surface area contributed by atoms with Gasteiger partial charge in [0, 0.05) is 43.3 Å². The van der Waals surface area contributed by atoms with E-state index in [0.717, 1.165) is 45.3 Å². The molecule has 5 nitrogen and oxygen atoms in total. The van der Waals surface area contributed by atoms with Crippen LogP contribution in [0.2, 0.25) is 0 Å². The Balaban J connectivity index is 1.50. The molecule has 2 aliphatic rings. The Morgan fingerprint density at radius 2 is 2.00 bits per heavy atom. The number of likely N-dealkylation sites (tertiary alicyclic amines) is 2. The van der Waals surface area contributed by atoms with Crippen LogP contribution in [0.3, 0.4) is 0 Å². The van der Waals surface area contributed by atoms with Gasteiger partial charge in [0.15, 0.2) is 5.43 Å². The average molecular weight is 357 g/mol. The summed E-state index contributed by atoms with van der Waals surface area (Å²) < 4.78 is 14.0. The van der Waals surface area contributed by atoms with Crippen LogP contribution < -0.4 is 5.43 Å². The number of aromatic nitrogens is 1. The quantitative estimate of drug-likeness (QED) is 0.918. The van der Waals surface area contributed by atoms with Gasteiger partial charge in [-0.3, -0.25) is 14.5 Å². The van der Waals surface area contributed by atoms with Crippen molar-refractivity contribution in [1.29, 1.82) is 0 Å². The highest BCUT2D eigenvalue weighted by Crippen LogP contribution is 2.22. The van der Waals surface area contributed by atoms with Crippen molar-refractivity contribution in [3.63, 3.8) is 0 Å². The minimum absolute atomic E-state index is 0.0331. The van der Waals surface area contributed by atoms with Crippen LogP contribution in [-0.2, 0) is 11.3 Å². The third kappa shape index (κ3) is 3.38. The number of fused-ring (bicyclic) bond motifs is 1. The fraction of sp³-hybridized carbons (Fsp3) is 0.500. The zero-order chi connectivity index (χ0) is 18.1. The van der Waals surface area contributed by atoms with Crippen LogP contribution in [-0.4, -0.2) is 46.9 Å². The lowest BCUT2D eigenvalue weighted by Crippen LogP contribution is -2.43. The van der Waals surface area contributed by atoms with Crippen molar-refractivity contribution in [2.75, 3.05) is 26.2 Å². The van der Waals surface area contributed by atoms with Gasteiger partial charge in [0.1, 0.15) is 5.82 Å². The summed E-state index contributed by atoms with van der Waals surface area (Å²) in [4.78, 5) is 32.2. The number of rotatable bonds is 3. The molecule has 2 aromatic rings. The molecule has 1 aromatic carbocycles. The Labute approximate surface area is 151 Å². The molecular weight excluding hydrogens is 333 g/mol. The normalized spacial score (nSPS) is 21.4. The average Bonchev–Trinajstić information content (AvgIpc) is 3.17. The van der Waals surface area contributed by atoms with Crippen LogP contribution in [0.15, 0.2) is 29.1 Å². The highest BCUT2D eigenvalue weighted by atomic mass is 19.1. The van der Waals surface area contributed by atoms with Crippen LogP contribution in [0.4, 0.5) is 4.39 Å². The molecule has 6 heteroatoms. The third-order valence-corrected chi connectivity index (χ3v) is 5.54. The number of aromatic amines is 1. The van der Waals surface area contributed by atoms with Crippen molar-refractivity contribution in [3.8, 4) is 0 Å². The lowest BCUT2D eigenvalue weighted by atomic mass is 9.96. The highest BCUT2D eigenvalue weighted by Gasteiger charge is 2.30. The van der Waals surface area contributed by atoms with E-state index in [1.165, 1.54) is 6.07 Å². The number of para-hydroxylation sites is 1. The Bertz CT molecular complexity index is 873. The summed E-state index contributed by atoms with van der Waals surface area (Å²) >= 11 is 0. The van der Waals surface area contributed by atoms with Crippen molar-refractivity contribution < 1.29 is 9.18 Å². The van der Waals surface area contributed by atoms with Crippen molar-refractivity contribution in [3.05, 3.63) is 46.0 Å². The van der Waals surface area contributed by atoms with E-state index in [2.05, 4.69) is 9.88 Å². The maximum absolute atomic E-state index is 14.0. The molecule has 2 saturated heterocycles. The number of H-pyrrole nitrogens is 1. The van der Waals surface area contributed by atoms with E-state index >= 15 is 0 Å². The monoisotopic (exact) mass is 357 g/mol. The fourth-order valence-electron chi connectivity index (χ4n) is 4.21. The van der Waals surface area contributed by atoms with Crippen LogP contribution in [0.25, 0.3) is 10.9 Å². The van der Waals surface area contributed by atoms with E-state index < -0.39 is 5.82 Å². The standard InChI is InChI=1S/C20H24FN3O2/c21-17-7-3-6-16-18(25)11-15(22-19(16)17)13-23-8-4-5-14(12-23)20(26)24-9-1-2-10-24/h3,6-7,11,14H,1-2,4-5,8-10,12-13H2,(H,22,25)/t14-/m1/s1. The molecule has 26 heavy (non-hydrogen) atoms. The van der Waals surface area contributed by atoms with Crippen LogP contribution >= 0.6 is 0 Å². The lowest BCUT2D eigenvalue weighted by molar-refractivity contribution is -0.136. The van der Waals surface area contributed by atoms with Gasteiger partial charge in [0.05, 0.1) is 11.4 Å². The molecule has 0 saturated carbocycles. The number of amides is 1. The van der Waals surface area contributed by atoms with E-state index in [-0.39, 0.29) is 22.8 Å². The second-order valence-electron chi connectivity index (χ2n) is 7.43. The first-order valence-electron chi connectivity index (χ1n) is 9.43. The largest absolute Gasteiger partial charge is 0.355 e. The SMILES string of the molecule is O=C([C@@H]1CCCN(Cc2cc(=O)c3cccc(F)c3[nH]2)C1)N1CCCC1.